The van der Waals surface area contributed by atoms with Crippen molar-refractivity contribution >= 4 is 33.1 Å². The zero-order valence-corrected chi connectivity index (χ0v) is 13.9. The molecule has 0 radical (unpaired) electrons. The summed E-state index contributed by atoms with van der Waals surface area (Å²) < 4.78 is 27.0. The quantitative estimate of drug-likeness (QED) is 0.925. The fourth-order valence-electron chi connectivity index (χ4n) is 2.20. The first-order valence-corrected chi connectivity index (χ1v) is 9.44. The highest BCUT2D eigenvalue weighted by Crippen LogP contribution is 2.34. The zero-order chi connectivity index (χ0) is 14.3. The molecule has 0 aliphatic carbocycles. The molecule has 0 spiro atoms. The lowest BCUT2D eigenvalue weighted by atomic mass is 10.2. The summed E-state index contributed by atoms with van der Waals surface area (Å²) in [4.78, 5) is 2.18. The van der Waals surface area contributed by atoms with Crippen LogP contribution in [0.5, 0.6) is 0 Å². The van der Waals surface area contributed by atoms with E-state index in [2.05, 4.69) is 13.8 Å². The van der Waals surface area contributed by atoms with Crippen LogP contribution in [0.1, 0.15) is 23.6 Å². The Morgan fingerprint density at radius 3 is 2.68 bits per heavy atom. The van der Waals surface area contributed by atoms with Crippen LogP contribution in [0, 0.1) is 6.92 Å². The van der Waals surface area contributed by atoms with Gasteiger partial charge in [0.15, 0.2) is 0 Å². The predicted molar refractivity (Wildman–Crippen MR) is 82.2 cm³/mol. The van der Waals surface area contributed by atoms with Crippen LogP contribution in [0.25, 0.3) is 0 Å². The van der Waals surface area contributed by atoms with Crippen LogP contribution in [-0.4, -0.2) is 36.3 Å². The molecule has 2 rings (SSSR count). The Morgan fingerprint density at radius 2 is 2.16 bits per heavy atom. The first kappa shape index (κ1) is 15.3. The summed E-state index contributed by atoms with van der Waals surface area (Å²) in [6.07, 6.45) is 0. The van der Waals surface area contributed by atoms with Gasteiger partial charge in [0.1, 0.15) is 0 Å². The highest BCUT2D eigenvalue weighted by Gasteiger charge is 2.35. The number of sulfonamides is 1. The molecule has 1 aliphatic rings. The van der Waals surface area contributed by atoms with Gasteiger partial charge in [-0.3, -0.25) is 0 Å². The molecule has 2 heterocycles. The molecule has 0 saturated carbocycles. The van der Waals surface area contributed by atoms with Crippen molar-refractivity contribution in [2.75, 3.05) is 18.8 Å². The van der Waals surface area contributed by atoms with Crippen molar-refractivity contribution in [1.82, 2.24) is 4.31 Å². The van der Waals surface area contributed by atoms with Crippen LogP contribution in [0.15, 0.2) is 11.0 Å². The van der Waals surface area contributed by atoms with Gasteiger partial charge >= 0.3 is 0 Å². The molecule has 108 valence electrons. The van der Waals surface area contributed by atoms with Gasteiger partial charge in [0.2, 0.25) is 10.0 Å². The maximum absolute atomic E-state index is 12.7. The normalized spacial score (nSPS) is 20.6. The van der Waals surface area contributed by atoms with E-state index < -0.39 is 10.0 Å². The molecule has 19 heavy (non-hydrogen) atoms. The maximum Gasteiger partial charge on any atom is 0.244 e. The zero-order valence-electron chi connectivity index (χ0n) is 11.5. The van der Waals surface area contributed by atoms with E-state index in [-0.39, 0.29) is 4.75 Å². The molecule has 4 nitrogen and oxygen atoms in total. The molecule has 1 aromatic heterocycles. The second-order valence-electron chi connectivity index (χ2n) is 5.28. The van der Waals surface area contributed by atoms with E-state index >= 15 is 0 Å². The van der Waals surface area contributed by atoms with Crippen LogP contribution in [0.3, 0.4) is 0 Å². The van der Waals surface area contributed by atoms with Crippen molar-refractivity contribution in [2.45, 2.75) is 37.0 Å². The fraction of sp³-hybridized carbons (Fsp3) is 0.667. The highest BCUT2D eigenvalue weighted by atomic mass is 32.2. The van der Waals surface area contributed by atoms with E-state index in [4.69, 9.17) is 5.73 Å². The number of thioether (sulfide) groups is 1. The fourth-order valence-corrected chi connectivity index (χ4v) is 6.59. The number of hydrogen-bond donors (Lipinski definition) is 1. The summed E-state index contributed by atoms with van der Waals surface area (Å²) in [5.41, 5.74) is 5.60. The van der Waals surface area contributed by atoms with Gasteiger partial charge in [-0.05, 0) is 26.8 Å². The number of rotatable bonds is 3. The molecule has 1 aromatic rings. The van der Waals surface area contributed by atoms with Crippen molar-refractivity contribution in [3.05, 3.63) is 15.8 Å². The van der Waals surface area contributed by atoms with Gasteiger partial charge in [0.25, 0.3) is 0 Å². The number of hydrogen-bond acceptors (Lipinski definition) is 5. The molecule has 0 aromatic carbocycles. The Balaban J connectivity index is 2.34. The van der Waals surface area contributed by atoms with E-state index in [1.807, 2.05) is 18.7 Å². The molecule has 0 atom stereocenters. The van der Waals surface area contributed by atoms with Gasteiger partial charge < -0.3 is 5.73 Å². The molecule has 0 unspecified atom stereocenters. The lowest BCUT2D eigenvalue weighted by Gasteiger charge is -2.36. The van der Waals surface area contributed by atoms with E-state index in [0.717, 1.165) is 15.5 Å². The summed E-state index contributed by atoms with van der Waals surface area (Å²) in [7, 11) is -3.38. The van der Waals surface area contributed by atoms with Crippen molar-refractivity contribution < 1.29 is 8.42 Å². The second-order valence-corrected chi connectivity index (χ2v) is 10.3. The van der Waals surface area contributed by atoms with E-state index in [1.165, 1.54) is 11.3 Å². The number of nitrogens with two attached hydrogens (primary N) is 1. The number of thiophene rings is 1. The van der Waals surface area contributed by atoms with Crippen LogP contribution in [0.4, 0.5) is 0 Å². The van der Waals surface area contributed by atoms with E-state index in [0.29, 0.717) is 24.5 Å². The first-order valence-electron chi connectivity index (χ1n) is 6.20. The first-order chi connectivity index (χ1) is 8.76. The summed E-state index contributed by atoms with van der Waals surface area (Å²) in [6, 6.07) is 1.73. The lowest BCUT2D eigenvalue weighted by Crippen LogP contribution is -2.46. The Hall–Kier alpha value is -0.0800. The topological polar surface area (TPSA) is 63.4 Å². The SMILES string of the molecule is Cc1sc(CN)cc1S(=O)(=O)N1CCSC(C)(C)C1. The molecular weight excluding hydrogens is 300 g/mol. The van der Waals surface area contributed by atoms with E-state index in [1.54, 1.807) is 10.4 Å². The summed E-state index contributed by atoms with van der Waals surface area (Å²) >= 11 is 3.29. The largest absolute Gasteiger partial charge is 0.326 e. The summed E-state index contributed by atoms with van der Waals surface area (Å²) in [6.45, 7) is 7.57. The molecule has 0 amide bonds. The average Bonchev–Trinajstić information content (AvgIpc) is 2.70. The third-order valence-electron chi connectivity index (χ3n) is 3.13. The van der Waals surface area contributed by atoms with Crippen molar-refractivity contribution in [3.8, 4) is 0 Å². The van der Waals surface area contributed by atoms with Gasteiger partial charge in [-0.2, -0.15) is 16.1 Å². The van der Waals surface area contributed by atoms with Gasteiger partial charge in [-0.25, -0.2) is 8.42 Å². The van der Waals surface area contributed by atoms with Crippen LogP contribution < -0.4 is 5.73 Å². The van der Waals surface area contributed by atoms with Gasteiger partial charge in [0, 0.05) is 39.9 Å². The Morgan fingerprint density at radius 1 is 1.47 bits per heavy atom. The number of aryl methyl sites for hydroxylation is 1. The average molecular weight is 321 g/mol. The van der Waals surface area contributed by atoms with Gasteiger partial charge in [-0.1, -0.05) is 0 Å². The molecule has 1 fully saturated rings. The van der Waals surface area contributed by atoms with Crippen molar-refractivity contribution in [3.63, 3.8) is 0 Å². The second kappa shape index (κ2) is 5.37. The Labute approximate surface area is 123 Å². The van der Waals surface area contributed by atoms with Gasteiger partial charge in [-0.15, -0.1) is 11.3 Å². The minimum Gasteiger partial charge on any atom is -0.326 e. The molecule has 2 N–H and O–H groups in total. The number of nitrogens with zero attached hydrogens (tertiary/aromatic N) is 1. The van der Waals surface area contributed by atoms with Crippen LogP contribution in [0.2, 0.25) is 0 Å². The molecule has 1 saturated heterocycles. The highest BCUT2D eigenvalue weighted by molar-refractivity contribution is 8.00. The smallest absolute Gasteiger partial charge is 0.244 e. The summed E-state index contributed by atoms with van der Waals surface area (Å²) in [5.74, 6) is 0.846. The lowest BCUT2D eigenvalue weighted by molar-refractivity contribution is 0.387. The molecule has 0 bridgehead atoms. The monoisotopic (exact) mass is 320 g/mol. The van der Waals surface area contributed by atoms with Crippen molar-refractivity contribution in [2.24, 2.45) is 5.73 Å². The predicted octanol–water partition coefficient (Wildman–Crippen LogP) is 2.03. The minimum atomic E-state index is -3.38. The third-order valence-corrected chi connectivity index (χ3v) is 7.60. The van der Waals surface area contributed by atoms with E-state index in [9.17, 15) is 8.42 Å². The Bertz CT molecular complexity index is 564. The molecule has 7 heteroatoms. The molecular formula is C12H20N2O2S3. The minimum absolute atomic E-state index is 0.0219. The van der Waals surface area contributed by atoms with Gasteiger partial charge in [0.05, 0.1) is 4.90 Å². The third kappa shape index (κ3) is 3.16. The van der Waals surface area contributed by atoms with Crippen molar-refractivity contribution in [1.29, 1.82) is 0 Å². The standard InChI is InChI=1S/C12H20N2O2S3/c1-9-11(6-10(7-13)18-9)19(15,16)14-4-5-17-12(2,3)8-14/h6H,4-5,7-8,13H2,1-3H3. The molecule has 1 aliphatic heterocycles. The van der Waals surface area contributed by atoms with Crippen LogP contribution in [-0.2, 0) is 16.6 Å². The van der Waals surface area contributed by atoms with Crippen LogP contribution >= 0.6 is 23.1 Å². The summed E-state index contributed by atoms with van der Waals surface area (Å²) in [5, 5.41) is 0. The maximum atomic E-state index is 12.7. The Kier molecular flexibility index (Phi) is 4.32.